The van der Waals surface area contributed by atoms with Crippen molar-refractivity contribution in [1.82, 2.24) is 24.4 Å². The highest BCUT2D eigenvalue weighted by atomic mass is 15.3. The molecule has 0 amide bonds. The third-order valence-electron chi connectivity index (χ3n) is 5.32. The summed E-state index contributed by atoms with van der Waals surface area (Å²) in [6.45, 7) is 7.42. The van der Waals surface area contributed by atoms with Gasteiger partial charge in [-0.25, -0.2) is 15.0 Å². The molecule has 1 fully saturated rings. The van der Waals surface area contributed by atoms with E-state index in [1.165, 1.54) is 35.5 Å². The van der Waals surface area contributed by atoms with Gasteiger partial charge in [0.1, 0.15) is 0 Å². The van der Waals surface area contributed by atoms with Crippen molar-refractivity contribution in [3.05, 3.63) is 35.2 Å². The Hall–Kier alpha value is -1.95. The van der Waals surface area contributed by atoms with Crippen molar-refractivity contribution in [2.75, 3.05) is 31.1 Å². The standard InChI is InChI=1S/C18H26N6/c1-14-16-5-9-23(12-15-11-19-13-22(15)2)10-6-17(16)21-18(20-14)24-7-3-4-8-24/h11,13H,3-10,12H2,1-2H3. The van der Waals surface area contributed by atoms with Crippen molar-refractivity contribution >= 4 is 5.95 Å². The van der Waals surface area contributed by atoms with Crippen molar-refractivity contribution in [3.8, 4) is 0 Å². The van der Waals surface area contributed by atoms with Crippen LogP contribution < -0.4 is 4.90 Å². The molecule has 4 heterocycles. The molecule has 1 saturated heterocycles. The quantitative estimate of drug-likeness (QED) is 0.859. The molecule has 0 N–H and O–H groups in total. The van der Waals surface area contributed by atoms with Crippen molar-refractivity contribution in [2.45, 2.75) is 39.2 Å². The van der Waals surface area contributed by atoms with Gasteiger partial charge in [-0.15, -0.1) is 0 Å². The normalized spacial score (nSPS) is 18.7. The van der Waals surface area contributed by atoms with Crippen LogP contribution in [0.5, 0.6) is 0 Å². The molecule has 0 radical (unpaired) electrons. The molecule has 128 valence electrons. The van der Waals surface area contributed by atoms with E-state index >= 15 is 0 Å². The van der Waals surface area contributed by atoms with E-state index in [1.54, 1.807) is 0 Å². The van der Waals surface area contributed by atoms with Crippen LogP contribution >= 0.6 is 0 Å². The van der Waals surface area contributed by atoms with Gasteiger partial charge in [0.2, 0.25) is 5.95 Å². The summed E-state index contributed by atoms with van der Waals surface area (Å²) in [4.78, 5) is 18.8. The van der Waals surface area contributed by atoms with Crippen molar-refractivity contribution in [3.63, 3.8) is 0 Å². The Morgan fingerprint density at radius 1 is 1.04 bits per heavy atom. The third kappa shape index (κ3) is 3.02. The molecule has 0 bridgehead atoms. The number of nitrogens with zero attached hydrogens (tertiary/aromatic N) is 6. The lowest BCUT2D eigenvalue weighted by molar-refractivity contribution is 0.273. The van der Waals surface area contributed by atoms with Gasteiger partial charge in [-0.1, -0.05) is 0 Å². The summed E-state index contributed by atoms with van der Waals surface area (Å²) in [5, 5.41) is 0. The molecule has 2 aliphatic rings. The highest BCUT2D eigenvalue weighted by Crippen LogP contribution is 2.23. The van der Waals surface area contributed by atoms with Crippen molar-refractivity contribution in [1.29, 1.82) is 0 Å². The van der Waals surface area contributed by atoms with Gasteiger partial charge >= 0.3 is 0 Å². The van der Waals surface area contributed by atoms with Crippen molar-refractivity contribution < 1.29 is 0 Å². The Bertz CT molecular complexity index is 716. The number of fused-ring (bicyclic) bond motifs is 1. The van der Waals surface area contributed by atoms with E-state index in [2.05, 4.69) is 33.3 Å². The smallest absolute Gasteiger partial charge is 0.225 e. The molecule has 0 saturated carbocycles. The second kappa shape index (κ2) is 6.51. The Labute approximate surface area is 143 Å². The van der Waals surface area contributed by atoms with E-state index < -0.39 is 0 Å². The molecular formula is C18H26N6. The fourth-order valence-corrected chi connectivity index (χ4v) is 3.80. The first kappa shape index (κ1) is 15.6. The molecule has 4 rings (SSSR count). The van der Waals surface area contributed by atoms with Gasteiger partial charge in [-0.3, -0.25) is 4.90 Å². The first-order valence-corrected chi connectivity index (χ1v) is 8.99. The van der Waals surface area contributed by atoms with Gasteiger partial charge in [0, 0.05) is 58.1 Å². The Kier molecular flexibility index (Phi) is 4.22. The molecule has 0 spiro atoms. The van der Waals surface area contributed by atoms with Crippen LogP contribution in [0.4, 0.5) is 5.95 Å². The van der Waals surface area contributed by atoms with Crippen LogP contribution in [0.15, 0.2) is 12.5 Å². The van der Waals surface area contributed by atoms with E-state index in [9.17, 15) is 0 Å². The summed E-state index contributed by atoms with van der Waals surface area (Å²) >= 11 is 0. The molecule has 0 aromatic carbocycles. The molecule has 0 unspecified atom stereocenters. The van der Waals surface area contributed by atoms with Crippen LogP contribution in [0.3, 0.4) is 0 Å². The maximum Gasteiger partial charge on any atom is 0.225 e. The van der Waals surface area contributed by atoms with Gasteiger partial charge in [0.05, 0.1) is 17.7 Å². The van der Waals surface area contributed by atoms with Crippen LogP contribution in [-0.4, -0.2) is 50.6 Å². The van der Waals surface area contributed by atoms with E-state index in [0.717, 1.165) is 51.5 Å². The zero-order valence-electron chi connectivity index (χ0n) is 14.7. The summed E-state index contributed by atoms with van der Waals surface area (Å²) < 4.78 is 2.11. The maximum absolute atomic E-state index is 4.94. The molecule has 2 aliphatic heterocycles. The van der Waals surface area contributed by atoms with Gasteiger partial charge in [0.25, 0.3) is 0 Å². The summed E-state index contributed by atoms with van der Waals surface area (Å²) in [7, 11) is 2.06. The second-order valence-corrected chi connectivity index (χ2v) is 7.00. The molecule has 0 atom stereocenters. The molecule has 2 aromatic rings. The third-order valence-corrected chi connectivity index (χ3v) is 5.32. The number of anilines is 1. The fraction of sp³-hybridized carbons (Fsp3) is 0.611. The largest absolute Gasteiger partial charge is 0.341 e. The topological polar surface area (TPSA) is 50.1 Å². The summed E-state index contributed by atoms with van der Waals surface area (Å²) in [6, 6.07) is 0. The summed E-state index contributed by atoms with van der Waals surface area (Å²) in [5.41, 5.74) is 5.06. The second-order valence-electron chi connectivity index (χ2n) is 7.00. The fourth-order valence-electron chi connectivity index (χ4n) is 3.80. The lowest BCUT2D eigenvalue weighted by atomic mass is 10.1. The van der Waals surface area contributed by atoms with Gasteiger partial charge in [-0.2, -0.15) is 0 Å². The first-order chi connectivity index (χ1) is 11.7. The number of hydrogen-bond acceptors (Lipinski definition) is 5. The molecular weight excluding hydrogens is 300 g/mol. The van der Waals surface area contributed by atoms with Crippen LogP contribution in [-0.2, 0) is 26.4 Å². The lowest BCUT2D eigenvalue weighted by Crippen LogP contribution is -2.26. The predicted octanol–water partition coefficient (Wildman–Crippen LogP) is 1.72. The highest BCUT2D eigenvalue weighted by Gasteiger charge is 2.22. The number of hydrogen-bond donors (Lipinski definition) is 0. The Morgan fingerprint density at radius 2 is 1.83 bits per heavy atom. The van der Waals surface area contributed by atoms with Gasteiger partial charge in [-0.05, 0) is 31.7 Å². The Morgan fingerprint density at radius 3 is 2.58 bits per heavy atom. The minimum Gasteiger partial charge on any atom is -0.341 e. The monoisotopic (exact) mass is 326 g/mol. The van der Waals surface area contributed by atoms with Crippen LogP contribution in [0.25, 0.3) is 0 Å². The average molecular weight is 326 g/mol. The minimum absolute atomic E-state index is 0.948. The molecule has 6 nitrogen and oxygen atoms in total. The average Bonchev–Trinajstić information content (AvgIpc) is 3.19. The first-order valence-electron chi connectivity index (χ1n) is 8.99. The zero-order valence-corrected chi connectivity index (χ0v) is 14.7. The van der Waals surface area contributed by atoms with E-state index in [4.69, 9.17) is 9.97 Å². The predicted molar refractivity (Wildman–Crippen MR) is 94.1 cm³/mol. The van der Waals surface area contributed by atoms with Gasteiger partial charge in [0.15, 0.2) is 0 Å². The highest BCUT2D eigenvalue weighted by molar-refractivity contribution is 5.38. The van der Waals surface area contributed by atoms with E-state index in [-0.39, 0.29) is 0 Å². The lowest BCUT2D eigenvalue weighted by Gasteiger charge is -2.19. The van der Waals surface area contributed by atoms with E-state index in [0.29, 0.717) is 0 Å². The Balaban J connectivity index is 1.52. The number of aryl methyl sites for hydroxylation is 2. The molecule has 0 aliphatic carbocycles. The molecule has 24 heavy (non-hydrogen) atoms. The summed E-state index contributed by atoms with van der Waals surface area (Å²) in [6.07, 6.45) is 8.42. The van der Waals surface area contributed by atoms with E-state index in [1.807, 2.05) is 12.5 Å². The SMILES string of the molecule is Cc1nc(N2CCCC2)nc2c1CCN(Cc1cncn1C)CC2. The van der Waals surface area contributed by atoms with Gasteiger partial charge < -0.3 is 9.47 Å². The van der Waals surface area contributed by atoms with Crippen LogP contribution in [0, 0.1) is 6.92 Å². The summed E-state index contributed by atoms with van der Waals surface area (Å²) in [5.74, 6) is 0.948. The van der Waals surface area contributed by atoms with Crippen molar-refractivity contribution in [2.24, 2.45) is 7.05 Å². The number of aromatic nitrogens is 4. The number of rotatable bonds is 3. The molecule has 2 aromatic heterocycles. The molecule has 6 heteroatoms. The van der Waals surface area contributed by atoms with Crippen LogP contribution in [0.1, 0.15) is 35.5 Å². The zero-order chi connectivity index (χ0) is 16.5. The maximum atomic E-state index is 4.94. The van der Waals surface area contributed by atoms with Crippen LogP contribution in [0.2, 0.25) is 0 Å². The number of imidazole rings is 1. The minimum atomic E-state index is 0.948.